The van der Waals surface area contributed by atoms with Crippen LogP contribution in [0.5, 0.6) is 0 Å². The summed E-state index contributed by atoms with van der Waals surface area (Å²) in [5.41, 5.74) is 0.743. The van der Waals surface area contributed by atoms with E-state index >= 15 is 0 Å². The summed E-state index contributed by atoms with van der Waals surface area (Å²) in [4.78, 5) is 26.2. The Morgan fingerprint density at radius 2 is 1.65 bits per heavy atom. The SMILES string of the molecule is O=c1ccc2cc3[nH]c(=O)c4ccccc4c3cc2o1. The van der Waals surface area contributed by atoms with E-state index in [9.17, 15) is 9.59 Å². The average Bonchev–Trinajstić information content (AvgIpc) is 2.46. The Balaban J connectivity index is 2.31. The number of fused-ring (bicyclic) bond motifs is 4. The summed E-state index contributed by atoms with van der Waals surface area (Å²) in [6.07, 6.45) is 0. The summed E-state index contributed by atoms with van der Waals surface area (Å²) in [6.45, 7) is 0. The van der Waals surface area contributed by atoms with E-state index in [1.54, 1.807) is 18.2 Å². The van der Waals surface area contributed by atoms with E-state index in [0.29, 0.717) is 11.0 Å². The number of rotatable bonds is 0. The Kier molecular flexibility index (Phi) is 2.09. The lowest BCUT2D eigenvalue weighted by Crippen LogP contribution is -2.06. The fourth-order valence-corrected chi connectivity index (χ4v) is 2.55. The maximum Gasteiger partial charge on any atom is 0.336 e. The second kappa shape index (κ2) is 3.81. The Bertz CT molecular complexity index is 1090. The van der Waals surface area contributed by atoms with Gasteiger partial charge in [0.05, 0.1) is 0 Å². The summed E-state index contributed by atoms with van der Waals surface area (Å²) >= 11 is 0. The largest absolute Gasteiger partial charge is 0.423 e. The van der Waals surface area contributed by atoms with Gasteiger partial charge in [0.1, 0.15) is 5.58 Å². The lowest BCUT2D eigenvalue weighted by atomic mass is 10.1. The lowest BCUT2D eigenvalue weighted by Gasteiger charge is -2.04. The molecule has 20 heavy (non-hydrogen) atoms. The third kappa shape index (κ3) is 1.48. The monoisotopic (exact) mass is 263 g/mol. The summed E-state index contributed by atoms with van der Waals surface area (Å²) < 4.78 is 5.20. The summed E-state index contributed by atoms with van der Waals surface area (Å²) in [7, 11) is 0. The standard InChI is InChI=1S/C16H9NO3/c18-15-6-5-9-7-13-12(8-14(9)20-15)10-3-1-2-4-11(10)16(19)17-13/h1-8H,(H,17,19). The number of benzene rings is 2. The molecule has 0 spiro atoms. The van der Waals surface area contributed by atoms with Gasteiger partial charge in [-0.2, -0.15) is 0 Å². The molecule has 0 radical (unpaired) electrons. The van der Waals surface area contributed by atoms with Gasteiger partial charge < -0.3 is 9.40 Å². The van der Waals surface area contributed by atoms with Gasteiger partial charge in [0.2, 0.25) is 0 Å². The third-order valence-electron chi connectivity index (χ3n) is 3.47. The molecule has 96 valence electrons. The molecule has 2 heterocycles. The molecular weight excluding hydrogens is 254 g/mol. The van der Waals surface area contributed by atoms with Crippen molar-refractivity contribution in [1.29, 1.82) is 0 Å². The second-order valence-corrected chi connectivity index (χ2v) is 4.69. The number of aromatic nitrogens is 1. The highest BCUT2D eigenvalue weighted by molar-refractivity contribution is 6.09. The first-order chi connectivity index (χ1) is 9.72. The molecule has 0 unspecified atom stereocenters. The first-order valence-electron chi connectivity index (χ1n) is 6.21. The molecule has 0 saturated heterocycles. The van der Waals surface area contributed by atoms with Gasteiger partial charge in [-0.05, 0) is 29.7 Å². The molecule has 0 saturated carbocycles. The van der Waals surface area contributed by atoms with Gasteiger partial charge in [0, 0.05) is 27.7 Å². The van der Waals surface area contributed by atoms with E-state index < -0.39 is 0 Å². The number of pyridine rings is 1. The van der Waals surface area contributed by atoms with E-state index in [0.717, 1.165) is 21.7 Å². The van der Waals surface area contributed by atoms with Gasteiger partial charge in [-0.1, -0.05) is 18.2 Å². The quantitative estimate of drug-likeness (QED) is 0.301. The van der Waals surface area contributed by atoms with Crippen molar-refractivity contribution < 1.29 is 4.42 Å². The Labute approximate surface area is 112 Å². The zero-order valence-electron chi connectivity index (χ0n) is 10.3. The normalized spacial score (nSPS) is 11.4. The number of nitrogens with one attached hydrogen (secondary N) is 1. The maximum absolute atomic E-state index is 12.1. The van der Waals surface area contributed by atoms with E-state index in [1.807, 2.05) is 24.3 Å². The molecule has 0 fully saturated rings. The van der Waals surface area contributed by atoms with Gasteiger partial charge in [0.25, 0.3) is 5.56 Å². The lowest BCUT2D eigenvalue weighted by molar-refractivity contribution is 0.561. The minimum Gasteiger partial charge on any atom is -0.423 e. The van der Waals surface area contributed by atoms with E-state index in [1.165, 1.54) is 6.07 Å². The summed E-state index contributed by atoms with van der Waals surface area (Å²) in [5.74, 6) is 0. The third-order valence-corrected chi connectivity index (χ3v) is 3.47. The first kappa shape index (κ1) is 11.0. The molecule has 0 amide bonds. The van der Waals surface area contributed by atoms with Crippen LogP contribution in [0.3, 0.4) is 0 Å². The van der Waals surface area contributed by atoms with Gasteiger partial charge in [0.15, 0.2) is 0 Å². The van der Waals surface area contributed by atoms with E-state index in [4.69, 9.17) is 4.42 Å². The molecule has 0 aliphatic heterocycles. The van der Waals surface area contributed by atoms with Crippen LogP contribution in [0.15, 0.2) is 62.5 Å². The van der Waals surface area contributed by atoms with Crippen LogP contribution in [0.1, 0.15) is 0 Å². The fourth-order valence-electron chi connectivity index (χ4n) is 2.55. The molecule has 1 N–H and O–H groups in total. The van der Waals surface area contributed by atoms with Crippen LogP contribution in [-0.4, -0.2) is 4.98 Å². The van der Waals surface area contributed by atoms with Crippen LogP contribution in [0.25, 0.3) is 32.6 Å². The van der Waals surface area contributed by atoms with Crippen LogP contribution in [0, 0.1) is 0 Å². The molecule has 0 aliphatic rings. The predicted octanol–water partition coefficient (Wildman–Crippen LogP) is 2.79. The van der Waals surface area contributed by atoms with E-state index in [-0.39, 0.29) is 11.2 Å². The number of H-pyrrole nitrogens is 1. The average molecular weight is 263 g/mol. The molecule has 4 aromatic rings. The van der Waals surface area contributed by atoms with Gasteiger partial charge in [-0.15, -0.1) is 0 Å². The Morgan fingerprint density at radius 1 is 0.850 bits per heavy atom. The van der Waals surface area contributed by atoms with Crippen LogP contribution < -0.4 is 11.2 Å². The van der Waals surface area contributed by atoms with Crippen molar-refractivity contribution in [3.05, 3.63) is 69.3 Å². The first-order valence-corrected chi connectivity index (χ1v) is 6.21. The van der Waals surface area contributed by atoms with Gasteiger partial charge in [-0.25, -0.2) is 4.79 Å². The van der Waals surface area contributed by atoms with Crippen molar-refractivity contribution in [1.82, 2.24) is 4.98 Å². The summed E-state index contributed by atoms with van der Waals surface area (Å²) in [6, 6.07) is 14.0. The Morgan fingerprint density at radius 3 is 2.50 bits per heavy atom. The van der Waals surface area contributed by atoms with Crippen LogP contribution in [-0.2, 0) is 0 Å². The number of aromatic amines is 1. The minimum absolute atomic E-state index is 0.121. The number of hydrogen-bond donors (Lipinski definition) is 1. The molecular formula is C16H9NO3. The Hall–Kier alpha value is -2.88. The fraction of sp³-hybridized carbons (Fsp3) is 0. The van der Waals surface area contributed by atoms with Crippen molar-refractivity contribution in [2.24, 2.45) is 0 Å². The van der Waals surface area contributed by atoms with E-state index in [2.05, 4.69) is 4.98 Å². The molecule has 0 bridgehead atoms. The molecule has 4 rings (SSSR count). The minimum atomic E-state index is -0.384. The van der Waals surface area contributed by atoms with Crippen LogP contribution in [0.4, 0.5) is 0 Å². The molecule has 0 atom stereocenters. The topological polar surface area (TPSA) is 63.1 Å². The second-order valence-electron chi connectivity index (χ2n) is 4.69. The highest BCUT2D eigenvalue weighted by atomic mass is 16.4. The van der Waals surface area contributed by atoms with Crippen molar-refractivity contribution in [2.45, 2.75) is 0 Å². The summed E-state index contributed by atoms with van der Waals surface area (Å²) in [5, 5.41) is 3.11. The van der Waals surface area contributed by atoms with Crippen molar-refractivity contribution in [3.63, 3.8) is 0 Å². The van der Waals surface area contributed by atoms with Crippen molar-refractivity contribution in [2.75, 3.05) is 0 Å². The smallest absolute Gasteiger partial charge is 0.336 e. The zero-order chi connectivity index (χ0) is 13.7. The van der Waals surface area contributed by atoms with Crippen LogP contribution in [0.2, 0.25) is 0 Å². The number of hydrogen-bond acceptors (Lipinski definition) is 3. The van der Waals surface area contributed by atoms with Crippen LogP contribution >= 0.6 is 0 Å². The molecule has 4 heteroatoms. The molecule has 2 aromatic carbocycles. The maximum atomic E-state index is 12.1. The molecule has 2 aromatic heterocycles. The molecule has 4 nitrogen and oxygen atoms in total. The van der Waals surface area contributed by atoms with Crippen molar-refractivity contribution >= 4 is 32.6 Å². The zero-order valence-corrected chi connectivity index (χ0v) is 10.3. The van der Waals surface area contributed by atoms with Gasteiger partial charge in [-0.3, -0.25) is 4.79 Å². The van der Waals surface area contributed by atoms with Gasteiger partial charge >= 0.3 is 5.63 Å². The highest BCUT2D eigenvalue weighted by Gasteiger charge is 2.07. The predicted molar refractivity (Wildman–Crippen MR) is 78.1 cm³/mol. The highest BCUT2D eigenvalue weighted by Crippen LogP contribution is 2.25. The molecule has 0 aliphatic carbocycles. The van der Waals surface area contributed by atoms with Crippen molar-refractivity contribution in [3.8, 4) is 0 Å².